The van der Waals surface area contributed by atoms with Crippen LogP contribution in [0.5, 0.6) is 0 Å². The van der Waals surface area contributed by atoms with Crippen LogP contribution < -0.4 is 0 Å². The van der Waals surface area contributed by atoms with Crippen LogP contribution in [0, 0.1) is 58.2 Å². The number of allylic oxidation sites excluding steroid dienone is 1. The highest BCUT2D eigenvalue weighted by Crippen LogP contribution is 3.04. The van der Waals surface area contributed by atoms with Crippen LogP contribution >= 0.6 is 0 Å². The van der Waals surface area contributed by atoms with Crippen LogP contribution in [-0.4, -0.2) is 11.2 Å². The molecule has 0 aliphatic heterocycles. The average molecular weight is 228 g/mol. The molecule has 0 amide bonds. The number of rotatable bonds is 0. The van der Waals surface area contributed by atoms with Crippen molar-refractivity contribution >= 4 is 0 Å². The number of hydrogen-bond acceptors (Lipinski definition) is 1. The molecule has 7 aliphatic carbocycles. The summed E-state index contributed by atoms with van der Waals surface area (Å²) in [4.78, 5) is 0. The summed E-state index contributed by atoms with van der Waals surface area (Å²) in [6.45, 7) is 5.03. The van der Waals surface area contributed by atoms with Gasteiger partial charge in [0.05, 0.1) is 6.10 Å². The van der Waals surface area contributed by atoms with E-state index >= 15 is 0 Å². The van der Waals surface area contributed by atoms with Gasteiger partial charge >= 0.3 is 0 Å². The van der Waals surface area contributed by atoms with E-state index < -0.39 is 0 Å². The summed E-state index contributed by atoms with van der Waals surface area (Å²) in [5.74, 6) is 8.12. The van der Waals surface area contributed by atoms with Crippen molar-refractivity contribution in [2.75, 3.05) is 0 Å². The van der Waals surface area contributed by atoms with Gasteiger partial charge in [0.2, 0.25) is 0 Å². The van der Waals surface area contributed by atoms with E-state index in [9.17, 15) is 5.11 Å². The fourth-order valence-electron chi connectivity index (χ4n) is 8.52. The van der Waals surface area contributed by atoms with Crippen molar-refractivity contribution in [1.82, 2.24) is 0 Å². The van der Waals surface area contributed by atoms with Crippen LogP contribution in [0.3, 0.4) is 0 Å². The quantitative estimate of drug-likeness (QED) is 0.631. The second-order valence-electron chi connectivity index (χ2n) is 8.08. The van der Waals surface area contributed by atoms with Crippen molar-refractivity contribution in [1.29, 1.82) is 0 Å². The predicted octanol–water partition coefficient (Wildman–Crippen LogP) is 2.32. The van der Waals surface area contributed by atoms with Crippen LogP contribution in [0.15, 0.2) is 12.2 Å². The maximum absolute atomic E-state index is 10.1. The summed E-state index contributed by atoms with van der Waals surface area (Å²) >= 11 is 0. The van der Waals surface area contributed by atoms with Gasteiger partial charge in [-0.15, -0.1) is 0 Å². The van der Waals surface area contributed by atoms with E-state index in [-0.39, 0.29) is 6.10 Å². The minimum Gasteiger partial charge on any atom is -0.389 e. The molecule has 1 nitrogen and oxygen atoms in total. The normalized spacial score (nSPS) is 83.6. The lowest BCUT2D eigenvalue weighted by Gasteiger charge is -2.55. The predicted molar refractivity (Wildman–Crippen MR) is 63.9 cm³/mol. The molecule has 2 spiro atoms. The summed E-state index contributed by atoms with van der Waals surface area (Å²) in [6, 6.07) is 0. The topological polar surface area (TPSA) is 20.2 Å². The van der Waals surface area contributed by atoms with E-state index in [2.05, 4.69) is 26.0 Å². The molecule has 1 N–H and O–H groups in total. The molecule has 0 aromatic carbocycles. The molecule has 7 aliphatic rings. The van der Waals surface area contributed by atoms with Crippen LogP contribution in [-0.2, 0) is 0 Å². The molecule has 0 unspecified atom stereocenters. The fourth-order valence-corrected chi connectivity index (χ4v) is 8.52. The first-order valence-electron chi connectivity index (χ1n) is 7.53. The van der Waals surface area contributed by atoms with Crippen molar-refractivity contribution in [3.63, 3.8) is 0 Å². The first-order valence-corrected chi connectivity index (χ1v) is 7.53. The number of aliphatic hydroxyl groups is 1. The lowest BCUT2D eigenvalue weighted by atomic mass is 9.49. The molecule has 7 rings (SSSR count). The van der Waals surface area contributed by atoms with Crippen molar-refractivity contribution in [3.8, 4) is 0 Å². The summed E-state index contributed by atoms with van der Waals surface area (Å²) < 4.78 is 0. The van der Waals surface area contributed by atoms with Gasteiger partial charge in [0.25, 0.3) is 0 Å². The first-order chi connectivity index (χ1) is 8.16. The smallest absolute Gasteiger partial charge is 0.0726 e. The molecule has 2 bridgehead atoms. The molecular formula is C16H20O. The van der Waals surface area contributed by atoms with Crippen LogP contribution in [0.2, 0.25) is 0 Å². The lowest BCUT2D eigenvalue weighted by molar-refractivity contribution is -0.0704. The summed E-state index contributed by atoms with van der Waals surface area (Å²) in [5, 5.41) is 10.1. The van der Waals surface area contributed by atoms with E-state index in [4.69, 9.17) is 0 Å². The zero-order valence-electron chi connectivity index (χ0n) is 10.5. The second-order valence-corrected chi connectivity index (χ2v) is 8.08. The third-order valence-corrected chi connectivity index (χ3v) is 8.45. The minimum atomic E-state index is -0.133. The highest BCUT2D eigenvalue weighted by molar-refractivity contribution is 5.52. The Morgan fingerprint density at radius 3 is 2.59 bits per heavy atom. The molecule has 17 heavy (non-hydrogen) atoms. The van der Waals surface area contributed by atoms with Crippen LogP contribution in [0.25, 0.3) is 0 Å². The molecule has 1 heteroatoms. The van der Waals surface area contributed by atoms with Crippen molar-refractivity contribution in [3.05, 3.63) is 12.2 Å². The molecule has 90 valence electrons. The van der Waals surface area contributed by atoms with Crippen molar-refractivity contribution in [2.24, 2.45) is 58.2 Å². The second kappa shape index (κ2) is 1.95. The third-order valence-electron chi connectivity index (χ3n) is 8.45. The maximum atomic E-state index is 10.1. The van der Waals surface area contributed by atoms with Gasteiger partial charge in [-0.05, 0) is 59.2 Å². The Balaban J connectivity index is 1.66. The molecular weight excluding hydrogens is 208 g/mol. The molecule has 0 saturated heterocycles. The lowest BCUT2D eigenvalue weighted by Crippen LogP contribution is -2.52. The van der Waals surface area contributed by atoms with Crippen molar-refractivity contribution < 1.29 is 5.11 Å². The molecule has 6 fully saturated rings. The molecule has 11 atom stereocenters. The largest absolute Gasteiger partial charge is 0.389 e. The Morgan fingerprint density at radius 2 is 1.76 bits per heavy atom. The standard InChI is InChI=1S/C16H20O/c1-6-7(2)13-10-9-11(10)14-15(12(6)9)4-3-8(17)5-16(13,14)15/h3-4,6-14,17H,5H2,1-2H3/t6-,7+,8-,9-,10-,11-,12-,13+,14-,15+,16-/m1/s1. The van der Waals surface area contributed by atoms with E-state index in [0.717, 1.165) is 53.8 Å². The Labute approximate surface area is 102 Å². The zero-order valence-corrected chi connectivity index (χ0v) is 10.5. The van der Waals surface area contributed by atoms with E-state index in [1.54, 1.807) is 0 Å². The number of aliphatic hydroxyl groups excluding tert-OH is 1. The zero-order chi connectivity index (χ0) is 11.3. The van der Waals surface area contributed by atoms with Crippen LogP contribution in [0.4, 0.5) is 0 Å². The van der Waals surface area contributed by atoms with Gasteiger partial charge in [-0.2, -0.15) is 0 Å². The average Bonchev–Trinajstić information content (AvgIpc) is 3.07. The molecule has 0 radical (unpaired) electrons. The van der Waals surface area contributed by atoms with Gasteiger partial charge in [0.1, 0.15) is 0 Å². The SMILES string of the molecule is C[C@@H]1[C@H](C)[C@H]2[C@@H]3[C@@H]4[C@H]3[C@@H]3[C@]5(C=C[C@@H](O)C[C@@]235)[C@H]14. The first kappa shape index (κ1) is 8.74. The Bertz CT molecular complexity index is 496. The van der Waals surface area contributed by atoms with E-state index in [1.807, 2.05) is 0 Å². The molecule has 6 saturated carbocycles. The summed E-state index contributed by atoms with van der Waals surface area (Å²) in [5.41, 5.74) is 1.18. The maximum Gasteiger partial charge on any atom is 0.0726 e. The minimum absolute atomic E-state index is 0.133. The van der Waals surface area contributed by atoms with Gasteiger partial charge in [0.15, 0.2) is 0 Å². The van der Waals surface area contributed by atoms with Crippen LogP contribution in [0.1, 0.15) is 20.3 Å². The highest BCUT2D eigenvalue weighted by Gasteiger charge is 3.01. The van der Waals surface area contributed by atoms with Gasteiger partial charge in [-0.3, -0.25) is 0 Å². The summed E-state index contributed by atoms with van der Waals surface area (Å²) in [6.07, 6.45) is 5.60. The van der Waals surface area contributed by atoms with Crippen molar-refractivity contribution in [2.45, 2.75) is 26.4 Å². The number of fused-ring (bicyclic) bond motifs is 1. The summed E-state index contributed by atoms with van der Waals surface area (Å²) in [7, 11) is 0. The third kappa shape index (κ3) is 0.514. The molecule has 0 aromatic rings. The fraction of sp³-hybridized carbons (Fsp3) is 0.875. The molecule has 0 heterocycles. The monoisotopic (exact) mass is 228 g/mol. The van der Waals surface area contributed by atoms with E-state index in [0.29, 0.717) is 10.8 Å². The Morgan fingerprint density at radius 1 is 1.06 bits per heavy atom. The van der Waals surface area contributed by atoms with Gasteiger partial charge in [-0.25, -0.2) is 0 Å². The van der Waals surface area contributed by atoms with E-state index in [1.165, 1.54) is 0 Å². The van der Waals surface area contributed by atoms with Gasteiger partial charge in [-0.1, -0.05) is 26.0 Å². The Kier molecular flexibility index (Phi) is 1.00. The van der Waals surface area contributed by atoms with Gasteiger partial charge < -0.3 is 5.11 Å². The highest BCUT2D eigenvalue weighted by atomic mass is 16.3. The molecule has 0 aromatic heterocycles. The van der Waals surface area contributed by atoms with Gasteiger partial charge in [0, 0.05) is 5.41 Å². The number of hydrogen-bond donors (Lipinski definition) is 1. The Hall–Kier alpha value is -0.300.